The number of nitrogens with one attached hydrogen (secondary N) is 2. The average molecular weight is 667 g/mol. The van der Waals surface area contributed by atoms with Gasteiger partial charge in [-0.15, -0.1) is 5.10 Å². The van der Waals surface area contributed by atoms with Crippen LogP contribution in [0, 0.1) is 13.8 Å². The number of benzene rings is 3. The molecule has 0 radical (unpaired) electrons. The summed E-state index contributed by atoms with van der Waals surface area (Å²) in [5, 5.41) is 12.7. The number of halogens is 2. The molecule has 1 aliphatic heterocycles. The molecule has 218 valence electrons. The first kappa shape index (κ1) is 30.2. The number of amides is 1. The highest BCUT2D eigenvalue weighted by Gasteiger charge is 2.36. The lowest BCUT2D eigenvalue weighted by atomic mass is 9.94. The molecular formula is C32H33BrClN5O2S. The molecule has 0 bridgehead atoms. The fourth-order valence-corrected chi connectivity index (χ4v) is 6.27. The van der Waals surface area contributed by atoms with E-state index in [1.165, 1.54) is 0 Å². The van der Waals surface area contributed by atoms with E-state index >= 15 is 0 Å². The van der Waals surface area contributed by atoms with Gasteiger partial charge in [-0.25, -0.2) is 4.68 Å². The maximum atomic E-state index is 14.1. The molecule has 0 fully saturated rings. The summed E-state index contributed by atoms with van der Waals surface area (Å²) in [6.07, 6.45) is 2.16. The first-order valence-corrected chi connectivity index (χ1v) is 16.0. The number of nitrogens with zero attached hydrogens (tertiary/aromatic N) is 3. The van der Waals surface area contributed by atoms with Gasteiger partial charge >= 0.3 is 0 Å². The number of unbranched alkanes of at least 4 members (excludes halogenated alkanes) is 1. The fourth-order valence-electron chi connectivity index (χ4n) is 4.79. The first-order valence-electron chi connectivity index (χ1n) is 13.9. The van der Waals surface area contributed by atoms with Gasteiger partial charge in [0, 0.05) is 37.8 Å². The Bertz CT molecular complexity index is 1650. The molecule has 7 nitrogen and oxygen atoms in total. The van der Waals surface area contributed by atoms with Crippen LogP contribution in [0.4, 0.5) is 11.6 Å². The van der Waals surface area contributed by atoms with E-state index in [-0.39, 0.29) is 12.5 Å². The lowest BCUT2D eigenvalue weighted by molar-refractivity contribution is -0.113. The van der Waals surface area contributed by atoms with Crippen LogP contribution in [-0.2, 0) is 11.4 Å². The van der Waals surface area contributed by atoms with Crippen LogP contribution in [0.5, 0.6) is 5.75 Å². The van der Waals surface area contributed by atoms with Gasteiger partial charge in [-0.1, -0.05) is 83.0 Å². The molecule has 42 heavy (non-hydrogen) atoms. The third kappa shape index (κ3) is 6.53. The Morgan fingerprint density at radius 2 is 1.95 bits per heavy atom. The maximum Gasteiger partial charge on any atom is 0.255 e. The molecule has 1 aromatic heterocycles. The molecule has 0 aliphatic carbocycles. The topological polar surface area (TPSA) is 81.1 Å². The van der Waals surface area contributed by atoms with Crippen molar-refractivity contribution in [2.24, 2.45) is 0 Å². The minimum absolute atomic E-state index is 0.225. The Morgan fingerprint density at radius 1 is 1.14 bits per heavy atom. The summed E-state index contributed by atoms with van der Waals surface area (Å²) >= 11 is 11.7. The number of carbonyl (C=O) groups is 1. The highest BCUT2D eigenvalue weighted by atomic mass is 79.9. The van der Waals surface area contributed by atoms with Crippen LogP contribution in [-0.4, -0.2) is 26.4 Å². The molecule has 0 saturated heterocycles. The lowest BCUT2D eigenvalue weighted by Gasteiger charge is -2.30. The predicted octanol–water partition coefficient (Wildman–Crippen LogP) is 8.71. The third-order valence-corrected chi connectivity index (χ3v) is 9.05. The number of carbonyl (C=O) groups excluding carboxylic acids is 1. The van der Waals surface area contributed by atoms with Crippen LogP contribution < -0.4 is 15.4 Å². The van der Waals surface area contributed by atoms with Crippen molar-refractivity contribution in [3.8, 4) is 5.75 Å². The van der Waals surface area contributed by atoms with Gasteiger partial charge in [-0.05, 0) is 68.7 Å². The van der Waals surface area contributed by atoms with Gasteiger partial charge in [0.15, 0.2) is 0 Å². The molecule has 2 N–H and O–H groups in total. The number of hydrogen-bond acceptors (Lipinski definition) is 6. The number of ether oxygens (including phenoxy) is 1. The Morgan fingerprint density at radius 3 is 2.74 bits per heavy atom. The van der Waals surface area contributed by atoms with Crippen LogP contribution in [0.1, 0.15) is 55.0 Å². The standard InChI is InChI=1S/C32H33BrClN5O2S/c1-5-6-16-42-32-37-31-35-21(4)28(30(40)36-26-13-9-10-19(2)20(26)3)29(39(31)38-32)24-17-23(33)14-15-27(24)41-18-22-11-7-8-12-25(22)34/h7-15,17,29H,5-6,16,18H2,1-4H3,(H,36,40)(H,35,37,38). The Kier molecular flexibility index (Phi) is 9.60. The van der Waals surface area contributed by atoms with E-state index in [1.54, 1.807) is 16.4 Å². The Balaban J connectivity index is 1.58. The highest BCUT2D eigenvalue weighted by molar-refractivity contribution is 9.10. The normalized spacial score (nSPS) is 14.4. The largest absolute Gasteiger partial charge is 0.488 e. The monoisotopic (exact) mass is 665 g/mol. The van der Waals surface area contributed by atoms with Gasteiger partial charge in [-0.3, -0.25) is 4.79 Å². The fraction of sp³-hybridized carbons (Fsp3) is 0.281. The summed E-state index contributed by atoms with van der Waals surface area (Å²) in [7, 11) is 0. The molecule has 1 amide bonds. The van der Waals surface area contributed by atoms with Crippen molar-refractivity contribution in [1.82, 2.24) is 14.8 Å². The average Bonchev–Trinajstić information content (AvgIpc) is 3.37. The molecule has 0 spiro atoms. The van der Waals surface area contributed by atoms with E-state index < -0.39 is 6.04 Å². The molecule has 1 atom stereocenters. The van der Waals surface area contributed by atoms with Gasteiger partial charge < -0.3 is 15.4 Å². The number of anilines is 2. The summed E-state index contributed by atoms with van der Waals surface area (Å²) < 4.78 is 9.03. The summed E-state index contributed by atoms with van der Waals surface area (Å²) in [4.78, 5) is 18.9. The second-order valence-electron chi connectivity index (χ2n) is 10.2. The van der Waals surface area contributed by atoms with E-state index in [4.69, 9.17) is 26.4 Å². The lowest BCUT2D eigenvalue weighted by Crippen LogP contribution is -2.32. The highest BCUT2D eigenvalue weighted by Crippen LogP contribution is 2.42. The molecule has 5 rings (SSSR count). The number of rotatable bonds is 10. The molecular weight excluding hydrogens is 634 g/mol. The molecule has 10 heteroatoms. The summed E-state index contributed by atoms with van der Waals surface area (Å²) in [5.74, 6) is 1.89. The Hall–Kier alpha value is -3.27. The maximum absolute atomic E-state index is 14.1. The van der Waals surface area contributed by atoms with Crippen LogP contribution in [0.2, 0.25) is 5.02 Å². The molecule has 4 aromatic rings. The van der Waals surface area contributed by atoms with Crippen molar-refractivity contribution < 1.29 is 9.53 Å². The number of allylic oxidation sites excluding steroid dienone is 1. The number of aromatic nitrogens is 3. The zero-order valence-corrected chi connectivity index (χ0v) is 27.2. The van der Waals surface area contributed by atoms with Crippen molar-refractivity contribution in [1.29, 1.82) is 0 Å². The van der Waals surface area contributed by atoms with E-state index in [0.29, 0.717) is 33.1 Å². The van der Waals surface area contributed by atoms with Gasteiger partial charge in [0.25, 0.3) is 5.91 Å². The van der Waals surface area contributed by atoms with Crippen molar-refractivity contribution in [2.45, 2.75) is 58.3 Å². The molecule has 1 unspecified atom stereocenters. The summed E-state index contributed by atoms with van der Waals surface area (Å²) in [6, 6.07) is 18.7. The minimum atomic E-state index is -0.599. The van der Waals surface area contributed by atoms with Crippen molar-refractivity contribution in [2.75, 3.05) is 16.4 Å². The van der Waals surface area contributed by atoms with Crippen LogP contribution >= 0.6 is 39.3 Å². The predicted molar refractivity (Wildman–Crippen MR) is 175 cm³/mol. The van der Waals surface area contributed by atoms with E-state index in [0.717, 1.165) is 51.0 Å². The van der Waals surface area contributed by atoms with Crippen LogP contribution in [0.15, 0.2) is 81.6 Å². The Labute approximate surface area is 264 Å². The summed E-state index contributed by atoms with van der Waals surface area (Å²) in [5.41, 5.74) is 5.76. The zero-order chi connectivity index (χ0) is 29.8. The van der Waals surface area contributed by atoms with Gasteiger partial charge in [0.2, 0.25) is 11.1 Å². The SMILES string of the molecule is CCCCSc1nc2n(n1)C(c1cc(Br)ccc1OCc1ccccc1Cl)C(C(=O)Nc1cccc(C)c1C)=C(C)N2. The number of hydrogen-bond donors (Lipinski definition) is 2. The van der Waals surface area contributed by atoms with Crippen LogP contribution in [0.25, 0.3) is 0 Å². The van der Waals surface area contributed by atoms with Crippen molar-refractivity contribution in [3.63, 3.8) is 0 Å². The number of thioether (sulfide) groups is 1. The molecule has 3 aromatic carbocycles. The van der Waals surface area contributed by atoms with Crippen molar-refractivity contribution in [3.05, 3.63) is 104 Å². The zero-order valence-electron chi connectivity index (χ0n) is 24.0. The minimum Gasteiger partial charge on any atom is -0.488 e. The second-order valence-corrected chi connectivity index (χ2v) is 12.6. The van der Waals surface area contributed by atoms with E-state index in [9.17, 15) is 4.79 Å². The molecule has 0 saturated carbocycles. The van der Waals surface area contributed by atoms with Crippen molar-refractivity contribution >= 4 is 56.8 Å². The summed E-state index contributed by atoms with van der Waals surface area (Å²) in [6.45, 7) is 8.37. The van der Waals surface area contributed by atoms with Gasteiger partial charge in [-0.2, -0.15) is 4.98 Å². The first-order chi connectivity index (χ1) is 20.3. The third-order valence-electron chi connectivity index (χ3n) is 7.27. The van der Waals surface area contributed by atoms with E-state index in [1.807, 2.05) is 81.4 Å². The second kappa shape index (κ2) is 13.4. The smallest absolute Gasteiger partial charge is 0.255 e. The molecule has 2 heterocycles. The number of fused-ring (bicyclic) bond motifs is 1. The quantitative estimate of drug-likeness (QED) is 0.130. The molecule has 1 aliphatic rings. The van der Waals surface area contributed by atoms with Crippen LogP contribution in [0.3, 0.4) is 0 Å². The number of aryl methyl sites for hydroxylation is 1. The van der Waals surface area contributed by atoms with Gasteiger partial charge in [0.1, 0.15) is 18.4 Å². The van der Waals surface area contributed by atoms with E-state index in [2.05, 4.69) is 33.5 Å². The van der Waals surface area contributed by atoms with Gasteiger partial charge in [0.05, 0.1) is 5.57 Å².